The average molecular weight is 690 g/mol. The van der Waals surface area contributed by atoms with Gasteiger partial charge in [0.15, 0.2) is 23.0 Å². The SMILES string of the molecule is CCOc1cc(C=Nn2c(C(C)C)nc3ccc(Br)cc3c2=O)cc(I)c1OCc1ccc2c(c1)OCO2. The number of ether oxygens (including phenoxy) is 4. The van der Waals surface area contributed by atoms with Crippen LogP contribution >= 0.6 is 38.5 Å². The smallest absolute Gasteiger partial charge is 0.282 e. The van der Waals surface area contributed by atoms with E-state index >= 15 is 0 Å². The van der Waals surface area contributed by atoms with Gasteiger partial charge in [0.1, 0.15) is 12.4 Å². The van der Waals surface area contributed by atoms with Crippen LogP contribution in [0.3, 0.4) is 0 Å². The van der Waals surface area contributed by atoms with Gasteiger partial charge in [0, 0.05) is 10.4 Å². The zero-order chi connectivity index (χ0) is 26.8. The Bertz CT molecular complexity index is 1600. The van der Waals surface area contributed by atoms with E-state index in [0.29, 0.717) is 47.2 Å². The Morgan fingerprint density at radius 2 is 1.95 bits per heavy atom. The molecule has 38 heavy (non-hydrogen) atoms. The highest BCUT2D eigenvalue weighted by Gasteiger charge is 2.17. The molecule has 3 aromatic carbocycles. The maximum atomic E-state index is 13.3. The number of halogens is 2. The first-order valence-corrected chi connectivity index (χ1v) is 14.0. The first-order valence-electron chi connectivity index (χ1n) is 12.1. The zero-order valence-electron chi connectivity index (χ0n) is 21.0. The molecule has 0 aliphatic carbocycles. The molecule has 1 aliphatic rings. The first kappa shape index (κ1) is 26.5. The number of aromatic nitrogens is 2. The summed E-state index contributed by atoms with van der Waals surface area (Å²) in [6.07, 6.45) is 1.64. The van der Waals surface area contributed by atoms with Crippen LogP contribution in [0.5, 0.6) is 23.0 Å². The zero-order valence-corrected chi connectivity index (χ0v) is 24.8. The van der Waals surface area contributed by atoms with E-state index in [-0.39, 0.29) is 18.3 Å². The van der Waals surface area contributed by atoms with Gasteiger partial charge < -0.3 is 18.9 Å². The minimum Gasteiger partial charge on any atom is -0.490 e. The minimum atomic E-state index is -0.223. The van der Waals surface area contributed by atoms with Gasteiger partial charge in [-0.1, -0.05) is 35.8 Å². The van der Waals surface area contributed by atoms with Crippen molar-refractivity contribution in [3.05, 3.63) is 83.9 Å². The monoisotopic (exact) mass is 689 g/mol. The Morgan fingerprint density at radius 3 is 2.74 bits per heavy atom. The van der Waals surface area contributed by atoms with Crippen molar-refractivity contribution in [1.82, 2.24) is 9.66 Å². The summed E-state index contributed by atoms with van der Waals surface area (Å²) in [5.74, 6) is 3.27. The number of fused-ring (bicyclic) bond motifs is 2. The Morgan fingerprint density at radius 1 is 1.13 bits per heavy atom. The lowest BCUT2D eigenvalue weighted by molar-refractivity contribution is 0.174. The fraction of sp³-hybridized carbons (Fsp3) is 0.250. The van der Waals surface area contributed by atoms with E-state index in [1.165, 1.54) is 4.68 Å². The third kappa shape index (κ3) is 5.51. The van der Waals surface area contributed by atoms with E-state index in [1.54, 1.807) is 12.3 Å². The Hall–Kier alpha value is -3.12. The Kier molecular flexibility index (Phi) is 7.89. The van der Waals surface area contributed by atoms with Crippen molar-refractivity contribution in [2.24, 2.45) is 5.10 Å². The summed E-state index contributed by atoms with van der Waals surface area (Å²) in [6, 6.07) is 15.0. The van der Waals surface area contributed by atoms with Gasteiger partial charge >= 0.3 is 0 Å². The summed E-state index contributed by atoms with van der Waals surface area (Å²) >= 11 is 5.66. The second kappa shape index (κ2) is 11.3. The molecule has 1 aromatic heterocycles. The maximum Gasteiger partial charge on any atom is 0.282 e. The van der Waals surface area contributed by atoms with Crippen LogP contribution in [-0.4, -0.2) is 29.3 Å². The predicted octanol–water partition coefficient (Wildman–Crippen LogP) is 6.48. The Labute approximate surface area is 241 Å². The van der Waals surface area contributed by atoms with Crippen LogP contribution < -0.4 is 24.5 Å². The van der Waals surface area contributed by atoms with Crippen molar-refractivity contribution in [3.8, 4) is 23.0 Å². The molecule has 0 saturated heterocycles. The molecule has 4 aromatic rings. The average Bonchev–Trinajstić information content (AvgIpc) is 3.36. The number of hydrogen-bond donors (Lipinski definition) is 0. The molecule has 0 spiro atoms. The van der Waals surface area contributed by atoms with Gasteiger partial charge in [-0.25, -0.2) is 4.98 Å². The number of nitrogens with zero attached hydrogens (tertiary/aromatic N) is 3. The van der Waals surface area contributed by atoms with Crippen molar-refractivity contribution < 1.29 is 18.9 Å². The molecule has 0 unspecified atom stereocenters. The van der Waals surface area contributed by atoms with E-state index < -0.39 is 0 Å². The topological polar surface area (TPSA) is 84.2 Å². The van der Waals surface area contributed by atoms with Crippen molar-refractivity contribution in [2.45, 2.75) is 33.3 Å². The van der Waals surface area contributed by atoms with E-state index in [1.807, 2.05) is 63.2 Å². The number of benzene rings is 3. The summed E-state index contributed by atoms with van der Waals surface area (Å²) in [5.41, 5.74) is 2.14. The maximum absolute atomic E-state index is 13.3. The third-order valence-corrected chi connectivity index (χ3v) is 7.12. The number of rotatable bonds is 8. The highest BCUT2D eigenvalue weighted by atomic mass is 127. The molecule has 1 aliphatic heterocycles. The molecule has 0 atom stereocenters. The molecule has 0 radical (unpaired) electrons. The van der Waals surface area contributed by atoms with Crippen molar-refractivity contribution in [3.63, 3.8) is 0 Å². The largest absolute Gasteiger partial charge is 0.490 e. The lowest BCUT2D eigenvalue weighted by Gasteiger charge is -2.15. The van der Waals surface area contributed by atoms with Gasteiger partial charge in [0.25, 0.3) is 5.56 Å². The van der Waals surface area contributed by atoms with Crippen LogP contribution in [-0.2, 0) is 6.61 Å². The molecule has 196 valence electrons. The lowest BCUT2D eigenvalue weighted by Crippen LogP contribution is -2.23. The van der Waals surface area contributed by atoms with E-state index in [4.69, 9.17) is 23.9 Å². The van der Waals surface area contributed by atoms with E-state index in [0.717, 1.165) is 24.9 Å². The molecule has 10 heteroatoms. The second-order valence-corrected chi connectivity index (χ2v) is 11.0. The van der Waals surface area contributed by atoms with Crippen LogP contribution in [0.1, 0.15) is 43.6 Å². The standard InChI is InChI=1S/C28H25BrIN3O5/c1-4-35-25-11-18(9-21(30)26(25)36-14-17-5-8-23-24(10-17)38-15-37-23)13-31-33-27(16(2)3)32-22-7-6-19(29)12-20(22)28(33)34/h5-13,16H,4,14-15H2,1-3H3. The van der Waals surface area contributed by atoms with Crippen LogP contribution in [0.25, 0.3) is 10.9 Å². The summed E-state index contributed by atoms with van der Waals surface area (Å²) in [7, 11) is 0. The van der Waals surface area contributed by atoms with Crippen molar-refractivity contribution >= 4 is 55.6 Å². The molecule has 8 nitrogen and oxygen atoms in total. The molecule has 0 saturated carbocycles. The van der Waals surface area contributed by atoms with Crippen LogP contribution in [0.15, 0.2) is 62.9 Å². The second-order valence-electron chi connectivity index (χ2n) is 8.89. The fourth-order valence-electron chi connectivity index (χ4n) is 4.03. The Balaban J connectivity index is 1.46. The van der Waals surface area contributed by atoms with Crippen LogP contribution in [0.2, 0.25) is 0 Å². The summed E-state index contributed by atoms with van der Waals surface area (Å²) in [6.45, 7) is 6.93. The predicted molar refractivity (Wildman–Crippen MR) is 158 cm³/mol. The van der Waals surface area contributed by atoms with E-state index in [2.05, 4.69) is 43.6 Å². The minimum absolute atomic E-state index is 0.000950. The summed E-state index contributed by atoms with van der Waals surface area (Å²) in [5, 5.41) is 5.05. The normalized spacial score (nSPS) is 12.6. The quantitative estimate of drug-likeness (QED) is 0.156. The molecule has 0 bridgehead atoms. The molecular formula is C28H25BrIN3O5. The van der Waals surface area contributed by atoms with Crippen LogP contribution in [0.4, 0.5) is 0 Å². The fourth-order valence-corrected chi connectivity index (χ4v) is 5.17. The molecular weight excluding hydrogens is 665 g/mol. The molecule has 0 N–H and O–H groups in total. The van der Waals surface area contributed by atoms with Gasteiger partial charge in [0.2, 0.25) is 6.79 Å². The summed E-state index contributed by atoms with van der Waals surface area (Å²) in [4.78, 5) is 18.0. The van der Waals surface area contributed by atoms with Gasteiger partial charge in [0.05, 0.1) is 27.3 Å². The lowest BCUT2D eigenvalue weighted by atomic mass is 10.2. The van der Waals surface area contributed by atoms with Crippen LogP contribution in [0, 0.1) is 3.57 Å². The highest BCUT2D eigenvalue weighted by Crippen LogP contribution is 2.36. The third-order valence-electron chi connectivity index (χ3n) is 5.82. The van der Waals surface area contributed by atoms with E-state index in [9.17, 15) is 4.79 Å². The van der Waals surface area contributed by atoms with Crippen molar-refractivity contribution in [1.29, 1.82) is 0 Å². The molecule has 0 amide bonds. The van der Waals surface area contributed by atoms with Gasteiger partial charge in [-0.15, -0.1) is 0 Å². The van der Waals surface area contributed by atoms with Gasteiger partial charge in [-0.2, -0.15) is 9.78 Å². The highest BCUT2D eigenvalue weighted by molar-refractivity contribution is 14.1. The molecule has 2 heterocycles. The number of hydrogen-bond acceptors (Lipinski definition) is 7. The molecule has 0 fully saturated rings. The molecule has 5 rings (SSSR count). The van der Waals surface area contributed by atoms with Gasteiger partial charge in [-0.3, -0.25) is 4.79 Å². The van der Waals surface area contributed by atoms with Gasteiger partial charge in [-0.05, 0) is 83.1 Å². The first-order chi connectivity index (χ1) is 18.3. The van der Waals surface area contributed by atoms with Crippen molar-refractivity contribution in [2.75, 3.05) is 13.4 Å². The summed E-state index contributed by atoms with van der Waals surface area (Å²) < 4.78 is 26.0.